The highest BCUT2D eigenvalue weighted by molar-refractivity contribution is 5.95. The number of hydrogen-bond donors (Lipinski definition) is 7. The molecule has 2 aromatic rings. The summed E-state index contributed by atoms with van der Waals surface area (Å²) in [5.41, 5.74) is 7.16. The number of likely N-dealkylation sites (tertiary alicyclic amines) is 1. The molecule has 0 bridgehead atoms. The van der Waals surface area contributed by atoms with Crippen molar-refractivity contribution in [3.8, 4) is 0 Å². The Morgan fingerprint density at radius 3 is 2.41 bits per heavy atom. The number of carbonyl (C=O) groups is 6. The molecule has 4 atom stereocenters. The Bertz CT molecular complexity index is 1260. The summed E-state index contributed by atoms with van der Waals surface area (Å²) in [7, 11) is 0. The minimum Gasteiger partial charge on any atom is -0.481 e. The van der Waals surface area contributed by atoms with Gasteiger partial charge in [-0.15, -0.1) is 0 Å². The van der Waals surface area contributed by atoms with Gasteiger partial charge in [0, 0.05) is 36.5 Å². The van der Waals surface area contributed by atoms with Gasteiger partial charge < -0.3 is 41.6 Å². The van der Waals surface area contributed by atoms with E-state index in [2.05, 4.69) is 15.6 Å². The third kappa shape index (κ3) is 7.54. The Labute approximate surface area is 222 Å². The number of benzene rings is 1. The lowest BCUT2D eigenvalue weighted by Crippen LogP contribution is -2.57. The summed E-state index contributed by atoms with van der Waals surface area (Å²) >= 11 is 0. The zero-order valence-corrected chi connectivity index (χ0v) is 21.0. The van der Waals surface area contributed by atoms with Gasteiger partial charge in [0.1, 0.15) is 18.1 Å². The maximum atomic E-state index is 13.3. The Hall–Kier alpha value is -4.46. The van der Waals surface area contributed by atoms with Crippen LogP contribution >= 0.6 is 0 Å². The number of nitrogens with one attached hydrogen (secondary N) is 3. The Balaban J connectivity index is 1.82. The fourth-order valence-corrected chi connectivity index (χ4v) is 4.59. The highest BCUT2D eigenvalue weighted by atomic mass is 16.4. The highest BCUT2D eigenvalue weighted by Gasteiger charge is 2.38. The van der Waals surface area contributed by atoms with Crippen molar-refractivity contribution in [2.75, 3.05) is 6.54 Å². The van der Waals surface area contributed by atoms with Crippen LogP contribution in [0.3, 0.4) is 0 Å². The van der Waals surface area contributed by atoms with Gasteiger partial charge in [0.25, 0.3) is 0 Å². The maximum absolute atomic E-state index is 13.3. The van der Waals surface area contributed by atoms with E-state index in [1.807, 2.05) is 18.2 Å². The third-order valence-electron chi connectivity index (χ3n) is 6.54. The minimum atomic E-state index is -1.51. The fourth-order valence-electron chi connectivity index (χ4n) is 4.59. The molecule has 1 fully saturated rings. The summed E-state index contributed by atoms with van der Waals surface area (Å²) in [5.74, 6) is -6.15. The van der Waals surface area contributed by atoms with E-state index in [9.17, 15) is 33.9 Å². The normalized spacial score (nSPS) is 17.3. The highest BCUT2D eigenvalue weighted by Crippen LogP contribution is 2.21. The number of amides is 3. The topological polar surface area (TPSA) is 232 Å². The number of aromatic amines is 1. The fraction of sp³-hybridized carbons (Fsp3) is 0.440. The molecular formula is C25H31N5O9. The third-order valence-corrected chi connectivity index (χ3v) is 6.54. The predicted octanol–water partition coefficient (Wildman–Crippen LogP) is -0.578. The number of H-pyrrole nitrogens is 1. The second-order valence-corrected chi connectivity index (χ2v) is 9.35. The molecule has 0 radical (unpaired) electrons. The zero-order valence-electron chi connectivity index (χ0n) is 21.0. The number of fused-ring (bicyclic) bond motifs is 1. The molecule has 210 valence electrons. The van der Waals surface area contributed by atoms with E-state index < -0.39 is 72.6 Å². The van der Waals surface area contributed by atoms with Crippen LogP contribution in [0.15, 0.2) is 30.5 Å². The number of para-hydroxylation sites is 1. The molecule has 14 nitrogen and oxygen atoms in total. The van der Waals surface area contributed by atoms with Gasteiger partial charge in [0.05, 0.1) is 12.5 Å². The van der Waals surface area contributed by atoms with E-state index >= 15 is 0 Å². The number of nitrogens with zero attached hydrogens (tertiary/aromatic N) is 1. The predicted molar refractivity (Wildman–Crippen MR) is 135 cm³/mol. The summed E-state index contributed by atoms with van der Waals surface area (Å²) < 4.78 is 0. The van der Waals surface area contributed by atoms with E-state index in [1.54, 1.807) is 12.3 Å². The summed E-state index contributed by atoms with van der Waals surface area (Å²) in [6.07, 6.45) is 0.873. The first-order chi connectivity index (χ1) is 18.5. The van der Waals surface area contributed by atoms with Crippen LogP contribution < -0.4 is 16.4 Å². The van der Waals surface area contributed by atoms with Gasteiger partial charge in [-0.25, -0.2) is 4.79 Å². The van der Waals surface area contributed by atoms with Gasteiger partial charge in [0.15, 0.2) is 0 Å². The first-order valence-electron chi connectivity index (χ1n) is 12.4. The number of rotatable bonds is 13. The summed E-state index contributed by atoms with van der Waals surface area (Å²) in [4.78, 5) is 77.1. The maximum Gasteiger partial charge on any atom is 0.326 e. The van der Waals surface area contributed by atoms with Crippen LogP contribution in [-0.2, 0) is 35.2 Å². The van der Waals surface area contributed by atoms with E-state index in [4.69, 9.17) is 15.9 Å². The number of nitrogens with two attached hydrogens (primary N) is 1. The molecule has 4 unspecified atom stereocenters. The van der Waals surface area contributed by atoms with Gasteiger partial charge in [-0.2, -0.15) is 0 Å². The van der Waals surface area contributed by atoms with Gasteiger partial charge in [-0.3, -0.25) is 24.0 Å². The van der Waals surface area contributed by atoms with E-state index in [-0.39, 0.29) is 25.8 Å². The van der Waals surface area contributed by atoms with Crippen LogP contribution in [0.4, 0.5) is 0 Å². The van der Waals surface area contributed by atoms with Crippen molar-refractivity contribution in [2.45, 2.75) is 62.7 Å². The standard InChI is InChI=1S/C25H31N5O9/c26-15(11-21(33)34)24(37)30-9-3-6-19(30)23(36)29-18(10-13-12-27-16-5-2-1-4-14(13)16)22(35)28-17(25(38)39)7-8-20(31)32/h1-2,4-5,12,15,17-19,27H,3,6-11,26H2,(H,28,35)(H,29,36)(H,31,32)(H,33,34)(H,38,39). The monoisotopic (exact) mass is 545 g/mol. The van der Waals surface area contributed by atoms with Gasteiger partial charge in [-0.1, -0.05) is 18.2 Å². The first kappa shape index (κ1) is 29.1. The average molecular weight is 546 g/mol. The van der Waals surface area contributed by atoms with E-state index in [1.165, 1.54) is 4.90 Å². The quantitative estimate of drug-likeness (QED) is 0.169. The van der Waals surface area contributed by atoms with Crippen molar-refractivity contribution >= 4 is 46.5 Å². The van der Waals surface area contributed by atoms with Crippen molar-refractivity contribution in [3.05, 3.63) is 36.0 Å². The number of carbonyl (C=O) groups excluding carboxylic acids is 3. The molecule has 1 aromatic carbocycles. The summed E-state index contributed by atoms with van der Waals surface area (Å²) in [6, 6.07) is 2.12. The molecular weight excluding hydrogens is 514 g/mol. The summed E-state index contributed by atoms with van der Waals surface area (Å²) in [6.45, 7) is 0.180. The SMILES string of the molecule is NC(CC(=O)O)C(=O)N1CCCC1C(=O)NC(Cc1c[nH]c2ccccc12)C(=O)NC(CCC(=O)O)C(=O)O. The number of hydrogen-bond acceptors (Lipinski definition) is 7. The van der Waals surface area contributed by atoms with Crippen molar-refractivity contribution in [1.82, 2.24) is 20.5 Å². The lowest BCUT2D eigenvalue weighted by Gasteiger charge is -2.28. The molecule has 3 amide bonds. The van der Waals surface area contributed by atoms with E-state index in [0.29, 0.717) is 12.0 Å². The molecule has 2 heterocycles. The molecule has 14 heteroatoms. The van der Waals surface area contributed by atoms with Crippen molar-refractivity contribution in [3.63, 3.8) is 0 Å². The van der Waals surface area contributed by atoms with Crippen LogP contribution in [-0.4, -0.2) is 91.5 Å². The van der Waals surface area contributed by atoms with Gasteiger partial charge >= 0.3 is 17.9 Å². The van der Waals surface area contributed by atoms with Crippen LogP contribution in [0.2, 0.25) is 0 Å². The van der Waals surface area contributed by atoms with Crippen LogP contribution in [0.5, 0.6) is 0 Å². The molecule has 1 saturated heterocycles. The van der Waals surface area contributed by atoms with Crippen LogP contribution in [0.1, 0.15) is 37.7 Å². The zero-order chi connectivity index (χ0) is 28.7. The van der Waals surface area contributed by atoms with Crippen LogP contribution in [0.25, 0.3) is 10.9 Å². The molecule has 1 aliphatic heterocycles. The molecule has 0 aliphatic carbocycles. The Kier molecular flexibility index (Phi) is 9.60. The van der Waals surface area contributed by atoms with Crippen LogP contribution in [0, 0.1) is 0 Å². The lowest BCUT2D eigenvalue weighted by molar-refractivity contribution is -0.144. The number of aromatic nitrogens is 1. The smallest absolute Gasteiger partial charge is 0.326 e. The molecule has 3 rings (SSSR count). The van der Waals surface area contributed by atoms with Gasteiger partial charge in [0.2, 0.25) is 17.7 Å². The Morgan fingerprint density at radius 1 is 1.03 bits per heavy atom. The van der Waals surface area contributed by atoms with Crippen molar-refractivity contribution in [2.24, 2.45) is 5.73 Å². The molecule has 0 saturated carbocycles. The van der Waals surface area contributed by atoms with Crippen molar-refractivity contribution < 1.29 is 44.1 Å². The van der Waals surface area contributed by atoms with Gasteiger partial charge in [-0.05, 0) is 30.9 Å². The lowest BCUT2D eigenvalue weighted by atomic mass is 10.0. The molecule has 1 aliphatic rings. The largest absolute Gasteiger partial charge is 0.481 e. The van der Waals surface area contributed by atoms with E-state index in [0.717, 1.165) is 10.9 Å². The molecule has 0 spiro atoms. The average Bonchev–Trinajstić information content (AvgIpc) is 3.52. The molecule has 39 heavy (non-hydrogen) atoms. The van der Waals surface area contributed by atoms with Crippen molar-refractivity contribution in [1.29, 1.82) is 0 Å². The summed E-state index contributed by atoms with van der Waals surface area (Å²) in [5, 5.41) is 33.1. The number of aliphatic carboxylic acids is 3. The minimum absolute atomic E-state index is 0.0357. The molecule has 1 aromatic heterocycles. The number of carboxylic acids is 3. The Morgan fingerprint density at radius 2 is 1.74 bits per heavy atom. The second-order valence-electron chi connectivity index (χ2n) is 9.35. The first-order valence-corrected chi connectivity index (χ1v) is 12.4. The second kappa shape index (κ2) is 12.9. The molecule has 8 N–H and O–H groups in total. The number of carboxylic acid groups (broad SMARTS) is 3.